The van der Waals surface area contributed by atoms with Crippen LogP contribution in [0, 0.1) is 0 Å². The highest BCUT2D eigenvalue weighted by atomic mass is 15.1. The maximum absolute atomic E-state index is 2.39. The van der Waals surface area contributed by atoms with Crippen molar-refractivity contribution in [3.05, 3.63) is 194 Å². The van der Waals surface area contributed by atoms with Gasteiger partial charge < -0.3 is 9.47 Å². The lowest BCUT2D eigenvalue weighted by atomic mass is 9.94. The van der Waals surface area contributed by atoms with Gasteiger partial charge in [0.15, 0.2) is 0 Å². The van der Waals surface area contributed by atoms with Gasteiger partial charge in [0, 0.05) is 33.5 Å². The molecule has 1 aromatic heterocycles. The fourth-order valence-electron chi connectivity index (χ4n) is 7.89. The third-order valence-electron chi connectivity index (χ3n) is 10.1. The molecular weight excluding hydrogens is 605 g/mol. The molecule has 2 nitrogen and oxygen atoms in total. The molecule has 0 radical (unpaired) electrons. The highest BCUT2D eigenvalue weighted by molar-refractivity contribution is 6.25. The van der Waals surface area contributed by atoms with E-state index in [1.807, 2.05) is 0 Å². The zero-order valence-corrected chi connectivity index (χ0v) is 27.4. The van der Waals surface area contributed by atoms with Crippen molar-refractivity contribution in [3.8, 4) is 16.8 Å². The minimum absolute atomic E-state index is 1.10. The van der Waals surface area contributed by atoms with Crippen LogP contribution in [0.3, 0.4) is 0 Å². The molecule has 2 heteroatoms. The van der Waals surface area contributed by atoms with Crippen LogP contribution in [0.2, 0.25) is 0 Å². The van der Waals surface area contributed by atoms with Crippen molar-refractivity contribution >= 4 is 71.2 Å². The van der Waals surface area contributed by atoms with E-state index in [-0.39, 0.29) is 0 Å². The molecule has 234 valence electrons. The van der Waals surface area contributed by atoms with Gasteiger partial charge in [-0.3, -0.25) is 0 Å². The van der Waals surface area contributed by atoms with Gasteiger partial charge in [0.05, 0.1) is 11.0 Å². The molecule has 0 fully saturated rings. The van der Waals surface area contributed by atoms with Crippen LogP contribution in [-0.4, -0.2) is 4.57 Å². The van der Waals surface area contributed by atoms with Crippen LogP contribution in [0.1, 0.15) is 0 Å². The van der Waals surface area contributed by atoms with E-state index in [1.165, 1.54) is 65.3 Å². The monoisotopic (exact) mass is 636 g/mol. The van der Waals surface area contributed by atoms with Crippen molar-refractivity contribution in [1.29, 1.82) is 0 Å². The molecule has 50 heavy (non-hydrogen) atoms. The summed E-state index contributed by atoms with van der Waals surface area (Å²) in [6.45, 7) is 0. The van der Waals surface area contributed by atoms with Gasteiger partial charge in [-0.05, 0) is 104 Å². The summed E-state index contributed by atoms with van der Waals surface area (Å²) in [6.07, 6.45) is 0. The highest BCUT2D eigenvalue weighted by Crippen LogP contribution is 2.42. The molecule has 10 aromatic rings. The maximum Gasteiger partial charge on any atom is 0.0541 e. The smallest absolute Gasteiger partial charge is 0.0541 e. The zero-order valence-electron chi connectivity index (χ0n) is 27.4. The Hall–Kier alpha value is -6.64. The largest absolute Gasteiger partial charge is 0.310 e. The number of nitrogens with zero attached hydrogens (tertiary/aromatic N) is 2. The molecule has 0 aliphatic carbocycles. The summed E-state index contributed by atoms with van der Waals surface area (Å²) in [4.78, 5) is 2.39. The standard InChI is InChI=1S/C48H32N2/c1-2-13-33(14-3-1)34-15-12-16-37(31-34)49(38-29-30-43-41-19-5-4-17-39(41)40-18-6-7-20-42(40)46(43)32-38)35-25-27-36(28-26-35)50-47-23-10-8-21-44(47)45-22-9-11-24-48(45)50/h1-32H. The second kappa shape index (κ2) is 11.5. The van der Waals surface area contributed by atoms with Gasteiger partial charge in [0.2, 0.25) is 0 Å². The predicted molar refractivity (Wildman–Crippen MR) is 213 cm³/mol. The summed E-state index contributed by atoms with van der Waals surface area (Å²) in [6, 6.07) is 70.5. The molecule has 0 bridgehead atoms. The minimum Gasteiger partial charge on any atom is -0.310 e. The van der Waals surface area contributed by atoms with Gasteiger partial charge in [-0.1, -0.05) is 133 Å². The summed E-state index contributed by atoms with van der Waals surface area (Å²) in [5, 5.41) is 10.2. The van der Waals surface area contributed by atoms with Crippen molar-refractivity contribution in [2.75, 3.05) is 4.90 Å². The summed E-state index contributed by atoms with van der Waals surface area (Å²) < 4.78 is 2.38. The van der Waals surface area contributed by atoms with Crippen molar-refractivity contribution < 1.29 is 0 Å². The molecule has 0 atom stereocenters. The van der Waals surface area contributed by atoms with E-state index in [9.17, 15) is 0 Å². The number of rotatable bonds is 5. The van der Waals surface area contributed by atoms with E-state index in [2.05, 4.69) is 204 Å². The van der Waals surface area contributed by atoms with Gasteiger partial charge in [0.1, 0.15) is 0 Å². The predicted octanol–water partition coefficient (Wildman–Crippen LogP) is 13.4. The van der Waals surface area contributed by atoms with E-state index < -0.39 is 0 Å². The molecule has 0 aliphatic rings. The molecule has 0 unspecified atom stereocenters. The minimum atomic E-state index is 1.10. The van der Waals surface area contributed by atoms with Crippen LogP contribution >= 0.6 is 0 Å². The number of anilines is 3. The molecule has 0 amide bonds. The molecule has 0 saturated carbocycles. The molecule has 9 aromatic carbocycles. The Kier molecular flexibility index (Phi) is 6.53. The summed E-state index contributed by atoms with van der Waals surface area (Å²) in [7, 11) is 0. The van der Waals surface area contributed by atoms with E-state index in [1.54, 1.807) is 0 Å². The second-order valence-electron chi connectivity index (χ2n) is 13.0. The number of benzene rings is 9. The first-order valence-corrected chi connectivity index (χ1v) is 17.2. The van der Waals surface area contributed by atoms with E-state index in [0.717, 1.165) is 22.7 Å². The fourth-order valence-corrected chi connectivity index (χ4v) is 7.89. The Bertz CT molecular complexity index is 2780. The highest BCUT2D eigenvalue weighted by Gasteiger charge is 2.18. The third-order valence-corrected chi connectivity index (χ3v) is 10.1. The van der Waals surface area contributed by atoms with E-state index in [4.69, 9.17) is 0 Å². The lowest BCUT2D eigenvalue weighted by Crippen LogP contribution is -2.10. The topological polar surface area (TPSA) is 8.17 Å². The lowest BCUT2D eigenvalue weighted by Gasteiger charge is -2.27. The first-order chi connectivity index (χ1) is 24.8. The summed E-state index contributed by atoms with van der Waals surface area (Å²) >= 11 is 0. The van der Waals surface area contributed by atoms with Crippen LogP contribution in [-0.2, 0) is 0 Å². The average molecular weight is 637 g/mol. The Balaban J connectivity index is 1.18. The van der Waals surface area contributed by atoms with E-state index >= 15 is 0 Å². The molecule has 1 heterocycles. The number of hydrogen-bond acceptors (Lipinski definition) is 1. The lowest BCUT2D eigenvalue weighted by molar-refractivity contribution is 1.17. The fraction of sp³-hybridized carbons (Fsp3) is 0. The Morgan fingerprint density at radius 3 is 1.36 bits per heavy atom. The van der Waals surface area contributed by atoms with Gasteiger partial charge in [-0.15, -0.1) is 0 Å². The van der Waals surface area contributed by atoms with Crippen LogP contribution in [0.5, 0.6) is 0 Å². The summed E-state index contributed by atoms with van der Waals surface area (Å²) in [5.41, 5.74) is 9.28. The number of aromatic nitrogens is 1. The maximum atomic E-state index is 2.39. The zero-order chi connectivity index (χ0) is 33.0. The van der Waals surface area contributed by atoms with Crippen molar-refractivity contribution in [3.63, 3.8) is 0 Å². The van der Waals surface area contributed by atoms with Crippen molar-refractivity contribution in [2.24, 2.45) is 0 Å². The first-order valence-electron chi connectivity index (χ1n) is 17.2. The molecule has 0 spiro atoms. The molecule has 0 N–H and O–H groups in total. The van der Waals surface area contributed by atoms with Gasteiger partial charge in [-0.2, -0.15) is 0 Å². The van der Waals surface area contributed by atoms with Crippen LogP contribution in [0.4, 0.5) is 17.1 Å². The average Bonchev–Trinajstić information content (AvgIpc) is 3.53. The van der Waals surface area contributed by atoms with Crippen LogP contribution in [0.15, 0.2) is 194 Å². The van der Waals surface area contributed by atoms with Crippen molar-refractivity contribution in [2.45, 2.75) is 0 Å². The third kappa shape index (κ3) is 4.50. The number of hydrogen-bond donors (Lipinski definition) is 0. The Morgan fingerprint density at radius 2 is 0.740 bits per heavy atom. The molecular formula is C48H32N2. The molecule has 0 saturated heterocycles. The Morgan fingerprint density at radius 1 is 0.280 bits per heavy atom. The van der Waals surface area contributed by atoms with Crippen LogP contribution < -0.4 is 4.90 Å². The van der Waals surface area contributed by atoms with Crippen molar-refractivity contribution in [1.82, 2.24) is 4.57 Å². The second-order valence-corrected chi connectivity index (χ2v) is 13.0. The SMILES string of the molecule is c1ccc(-c2cccc(N(c3ccc(-n4c5ccccc5c5ccccc54)cc3)c3ccc4c5ccccc5c5ccccc5c4c3)c2)cc1. The number of fused-ring (bicyclic) bond motifs is 9. The normalized spacial score (nSPS) is 11.6. The van der Waals surface area contributed by atoms with Gasteiger partial charge >= 0.3 is 0 Å². The quantitative estimate of drug-likeness (QED) is 0.171. The summed E-state index contributed by atoms with van der Waals surface area (Å²) in [5.74, 6) is 0. The number of para-hydroxylation sites is 2. The van der Waals surface area contributed by atoms with E-state index in [0.29, 0.717) is 0 Å². The molecule has 0 aliphatic heterocycles. The Labute approximate surface area is 290 Å². The van der Waals surface area contributed by atoms with Crippen LogP contribution in [0.25, 0.3) is 70.9 Å². The van der Waals surface area contributed by atoms with Gasteiger partial charge in [0.25, 0.3) is 0 Å². The molecule has 10 rings (SSSR count). The van der Waals surface area contributed by atoms with Gasteiger partial charge in [-0.25, -0.2) is 0 Å². The first kappa shape index (κ1) is 28.4.